The summed E-state index contributed by atoms with van der Waals surface area (Å²) < 4.78 is 1.08. The predicted molar refractivity (Wildman–Crippen MR) is 71.4 cm³/mol. The number of thiophene rings is 1. The molecule has 1 aromatic carbocycles. The number of hydrogen-bond acceptors (Lipinski definition) is 2. The summed E-state index contributed by atoms with van der Waals surface area (Å²) in [4.78, 5) is 12.9. The molecule has 0 atom stereocenters. The topological polar surface area (TPSA) is 17.1 Å². The Labute approximate surface area is 107 Å². The van der Waals surface area contributed by atoms with Gasteiger partial charge in [0.05, 0.1) is 4.88 Å². The number of rotatable bonds is 2. The van der Waals surface area contributed by atoms with Gasteiger partial charge in [-0.3, -0.25) is 4.79 Å². The van der Waals surface area contributed by atoms with Crippen LogP contribution in [0.1, 0.15) is 26.4 Å². The molecule has 0 saturated carbocycles. The van der Waals surface area contributed by atoms with Gasteiger partial charge in [-0.1, -0.05) is 22.0 Å². The minimum absolute atomic E-state index is 0.105. The zero-order valence-electron chi connectivity index (χ0n) is 9.08. The first-order chi connectivity index (χ1) is 7.59. The van der Waals surface area contributed by atoms with Crippen molar-refractivity contribution in [1.29, 1.82) is 0 Å². The minimum atomic E-state index is 0.105. The molecular formula is C13H11BrOS. The predicted octanol–water partition coefficient (Wildman–Crippen LogP) is 4.36. The highest BCUT2D eigenvalue weighted by Crippen LogP contribution is 2.24. The molecule has 0 aliphatic carbocycles. The summed E-state index contributed by atoms with van der Waals surface area (Å²) in [5.41, 5.74) is 2.96. The maximum Gasteiger partial charge on any atom is 0.202 e. The van der Waals surface area contributed by atoms with E-state index in [1.165, 1.54) is 11.3 Å². The van der Waals surface area contributed by atoms with E-state index in [-0.39, 0.29) is 5.78 Å². The van der Waals surface area contributed by atoms with E-state index < -0.39 is 0 Å². The van der Waals surface area contributed by atoms with E-state index in [1.807, 2.05) is 43.5 Å². The van der Waals surface area contributed by atoms with Gasteiger partial charge in [0.2, 0.25) is 5.78 Å². The quantitative estimate of drug-likeness (QED) is 0.752. The maximum absolute atomic E-state index is 12.1. The van der Waals surface area contributed by atoms with Crippen LogP contribution in [0, 0.1) is 13.8 Å². The number of aryl methyl sites for hydroxylation is 2. The van der Waals surface area contributed by atoms with Gasteiger partial charge in [0.1, 0.15) is 0 Å². The monoisotopic (exact) mass is 294 g/mol. The smallest absolute Gasteiger partial charge is 0.202 e. The molecule has 0 amide bonds. The van der Waals surface area contributed by atoms with Crippen molar-refractivity contribution < 1.29 is 4.79 Å². The first-order valence-electron chi connectivity index (χ1n) is 4.94. The number of hydrogen-bond donors (Lipinski definition) is 0. The van der Waals surface area contributed by atoms with Crippen molar-refractivity contribution in [1.82, 2.24) is 0 Å². The zero-order chi connectivity index (χ0) is 11.7. The molecule has 0 fully saturated rings. The highest BCUT2D eigenvalue weighted by atomic mass is 79.9. The Hall–Kier alpha value is -0.930. The molecule has 3 heteroatoms. The van der Waals surface area contributed by atoms with Gasteiger partial charge in [-0.15, -0.1) is 11.3 Å². The van der Waals surface area contributed by atoms with E-state index in [0.29, 0.717) is 0 Å². The molecule has 0 bridgehead atoms. The molecule has 1 aromatic heterocycles. The van der Waals surface area contributed by atoms with Crippen LogP contribution in [-0.2, 0) is 0 Å². The maximum atomic E-state index is 12.1. The lowest BCUT2D eigenvalue weighted by molar-refractivity contribution is 0.104. The SMILES string of the molecule is Cc1cc(C(=O)c2cccs2)cc(C)c1Br. The Morgan fingerprint density at radius 1 is 1.25 bits per heavy atom. The molecule has 1 heterocycles. The van der Waals surface area contributed by atoms with E-state index in [1.54, 1.807) is 0 Å². The highest BCUT2D eigenvalue weighted by Gasteiger charge is 2.12. The molecule has 2 aromatic rings. The summed E-state index contributed by atoms with van der Waals surface area (Å²) in [5.74, 6) is 0.105. The van der Waals surface area contributed by atoms with Crippen molar-refractivity contribution in [2.24, 2.45) is 0 Å². The van der Waals surface area contributed by atoms with E-state index in [4.69, 9.17) is 0 Å². The van der Waals surface area contributed by atoms with Crippen molar-refractivity contribution in [3.05, 3.63) is 55.7 Å². The van der Waals surface area contributed by atoms with Crippen LogP contribution in [0.25, 0.3) is 0 Å². The van der Waals surface area contributed by atoms with E-state index in [0.717, 1.165) is 26.0 Å². The summed E-state index contributed by atoms with van der Waals surface area (Å²) in [6.45, 7) is 4.00. The standard InChI is InChI=1S/C13H11BrOS/c1-8-6-10(7-9(2)12(8)14)13(15)11-4-3-5-16-11/h3-7H,1-2H3. The van der Waals surface area contributed by atoms with Crippen LogP contribution in [0.5, 0.6) is 0 Å². The molecule has 82 valence electrons. The lowest BCUT2D eigenvalue weighted by Gasteiger charge is -2.06. The Morgan fingerprint density at radius 3 is 2.38 bits per heavy atom. The van der Waals surface area contributed by atoms with Crippen LogP contribution >= 0.6 is 27.3 Å². The van der Waals surface area contributed by atoms with Crippen molar-refractivity contribution in [3.8, 4) is 0 Å². The van der Waals surface area contributed by atoms with Crippen LogP contribution in [-0.4, -0.2) is 5.78 Å². The summed E-state index contributed by atoms with van der Waals surface area (Å²) in [6.07, 6.45) is 0. The molecule has 0 aliphatic rings. The number of carbonyl (C=O) groups excluding carboxylic acids is 1. The summed E-state index contributed by atoms with van der Waals surface area (Å²) in [7, 11) is 0. The third-order valence-corrected chi connectivity index (χ3v) is 4.56. The van der Waals surface area contributed by atoms with Crippen molar-refractivity contribution in [2.75, 3.05) is 0 Å². The lowest BCUT2D eigenvalue weighted by Crippen LogP contribution is -2.00. The summed E-state index contributed by atoms with van der Waals surface area (Å²) in [5, 5.41) is 1.92. The average molecular weight is 295 g/mol. The van der Waals surface area contributed by atoms with Crippen LogP contribution in [0.4, 0.5) is 0 Å². The van der Waals surface area contributed by atoms with Crippen LogP contribution in [0.15, 0.2) is 34.1 Å². The fourth-order valence-corrected chi connectivity index (χ4v) is 2.54. The van der Waals surface area contributed by atoms with Gasteiger partial charge in [0.25, 0.3) is 0 Å². The van der Waals surface area contributed by atoms with Crippen LogP contribution in [0.2, 0.25) is 0 Å². The fraction of sp³-hybridized carbons (Fsp3) is 0.154. The first kappa shape index (κ1) is 11.6. The fourth-order valence-electron chi connectivity index (χ4n) is 1.63. The molecular weight excluding hydrogens is 284 g/mol. The molecule has 0 radical (unpaired) electrons. The average Bonchev–Trinajstić information content (AvgIpc) is 2.77. The van der Waals surface area contributed by atoms with Crippen molar-refractivity contribution in [3.63, 3.8) is 0 Å². The number of halogens is 1. The zero-order valence-corrected chi connectivity index (χ0v) is 11.5. The van der Waals surface area contributed by atoms with E-state index in [9.17, 15) is 4.79 Å². The molecule has 0 N–H and O–H groups in total. The number of benzene rings is 1. The molecule has 1 nitrogen and oxygen atoms in total. The summed E-state index contributed by atoms with van der Waals surface area (Å²) >= 11 is 4.98. The molecule has 0 unspecified atom stereocenters. The first-order valence-corrected chi connectivity index (χ1v) is 6.62. The van der Waals surface area contributed by atoms with Gasteiger partial charge in [0.15, 0.2) is 0 Å². The normalized spacial score (nSPS) is 10.4. The minimum Gasteiger partial charge on any atom is -0.288 e. The van der Waals surface area contributed by atoms with Gasteiger partial charge >= 0.3 is 0 Å². The van der Waals surface area contributed by atoms with Gasteiger partial charge in [-0.25, -0.2) is 0 Å². The van der Waals surface area contributed by atoms with Crippen LogP contribution < -0.4 is 0 Å². The number of ketones is 1. The van der Waals surface area contributed by atoms with Crippen molar-refractivity contribution in [2.45, 2.75) is 13.8 Å². The van der Waals surface area contributed by atoms with Crippen molar-refractivity contribution >= 4 is 33.0 Å². The second-order valence-corrected chi connectivity index (χ2v) is 5.47. The Bertz CT molecular complexity index is 506. The Balaban J connectivity index is 2.46. The largest absolute Gasteiger partial charge is 0.288 e. The third kappa shape index (κ3) is 2.11. The van der Waals surface area contributed by atoms with E-state index in [2.05, 4.69) is 15.9 Å². The van der Waals surface area contributed by atoms with Gasteiger partial charge in [-0.05, 0) is 48.6 Å². The summed E-state index contributed by atoms with van der Waals surface area (Å²) in [6, 6.07) is 7.62. The molecule has 2 rings (SSSR count). The second kappa shape index (κ2) is 4.52. The van der Waals surface area contributed by atoms with Gasteiger partial charge < -0.3 is 0 Å². The third-order valence-electron chi connectivity index (χ3n) is 2.44. The molecule has 0 spiro atoms. The highest BCUT2D eigenvalue weighted by molar-refractivity contribution is 9.10. The van der Waals surface area contributed by atoms with Crippen LogP contribution in [0.3, 0.4) is 0 Å². The molecule has 16 heavy (non-hydrogen) atoms. The lowest BCUT2D eigenvalue weighted by atomic mass is 10.0. The van der Waals surface area contributed by atoms with E-state index >= 15 is 0 Å². The number of carbonyl (C=O) groups is 1. The Morgan fingerprint density at radius 2 is 1.88 bits per heavy atom. The second-order valence-electron chi connectivity index (χ2n) is 3.73. The Kier molecular flexibility index (Phi) is 3.26. The molecule has 0 aliphatic heterocycles. The van der Waals surface area contributed by atoms with Gasteiger partial charge in [-0.2, -0.15) is 0 Å². The van der Waals surface area contributed by atoms with Gasteiger partial charge in [0, 0.05) is 10.0 Å². The molecule has 0 saturated heterocycles.